The molecule has 21 heavy (non-hydrogen) atoms. The third-order valence-electron chi connectivity index (χ3n) is 3.74. The first-order valence-electron chi connectivity index (χ1n) is 6.67. The maximum absolute atomic E-state index is 14.2. The summed E-state index contributed by atoms with van der Waals surface area (Å²) in [5, 5.41) is 3.99. The van der Waals surface area contributed by atoms with Gasteiger partial charge in [-0.1, -0.05) is 35.3 Å². The highest BCUT2D eigenvalue weighted by Gasteiger charge is 2.30. The minimum Gasteiger partial charge on any atom is -0.485 e. The fourth-order valence-electron chi connectivity index (χ4n) is 2.67. The van der Waals surface area contributed by atoms with Crippen LogP contribution in [0.5, 0.6) is 5.75 Å². The van der Waals surface area contributed by atoms with Crippen LogP contribution in [0.15, 0.2) is 36.4 Å². The second-order valence-corrected chi connectivity index (χ2v) is 5.85. The molecule has 0 saturated heterocycles. The van der Waals surface area contributed by atoms with Crippen molar-refractivity contribution in [2.45, 2.75) is 18.6 Å². The van der Waals surface area contributed by atoms with Crippen LogP contribution >= 0.6 is 23.2 Å². The second-order valence-electron chi connectivity index (χ2n) is 5.01. The van der Waals surface area contributed by atoms with E-state index in [2.05, 4.69) is 5.32 Å². The summed E-state index contributed by atoms with van der Waals surface area (Å²) in [6.07, 6.45) is 0.232. The molecule has 0 radical (unpaired) electrons. The van der Waals surface area contributed by atoms with Crippen LogP contribution in [0.2, 0.25) is 10.0 Å². The van der Waals surface area contributed by atoms with Gasteiger partial charge in [-0.25, -0.2) is 4.39 Å². The molecular weight excluding hydrogens is 312 g/mol. The second kappa shape index (κ2) is 5.84. The van der Waals surface area contributed by atoms with Gasteiger partial charge in [-0.15, -0.1) is 0 Å². The molecule has 2 aromatic carbocycles. The maximum atomic E-state index is 14.2. The Morgan fingerprint density at radius 2 is 2.00 bits per heavy atom. The van der Waals surface area contributed by atoms with Gasteiger partial charge in [-0.05, 0) is 31.3 Å². The largest absolute Gasteiger partial charge is 0.485 e. The molecule has 2 aromatic rings. The molecule has 0 bridgehead atoms. The molecule has 2 atom stereocenters. The van der Waals surface area contributed by atoms with Gasteiger partial charge in [0, 0.05) is 28.6 Å². The van der Waals surface area contributed by atoms with Crippen molar-refractivity contribution in [1.29, 1.82) is 0 Å². The Morgan fingerprint density at radius 3 is 2.76 bits per heavy atom. The first kappa shape index (κ1) is 14.6. The highest BCUT2D eigenvalue weighted by Crippen LogP contribution is 2.42. The van der Waals surface area contributed by atoms with Crippen molar-refractivity contribution in [1.82, 2.24) is 5.32 Å². The summed E-state index contributed by atoms with van der Waals surface area (Å²) >= 11 is 11.9. The summed E-state index contributed by atoms with van der Waals surface area (Å²) in [6.45, 7) is 0. The molecule has 1 N–H and O–H groups in total. The standard InChI is InChI=1S/C16H14Cl2FNO/c1-20-13-8-15(10-3-2-4-12(18)16(10)19)21-14-6-5-9(17)7-11(13)14/h2-7,13,15,20H,8H2,1H3. The van der Waals surface area contributed by atoms with Crippen LogP contribution < -0.4 is 10.1 Å². The molecule has 0 fully saturated rings. The van der Waals surface area contributed by atoms with Gasteiger partial charge in [0.15, 0.2) is 0 Å². The summed E-state index contributed by atoms with van der Waals surface area (Å²) in [4.78, 5) is 0. The molecule has 0 aliphatic carbocycles. The predicted octanol–water partition coefficient (Wildman–Crippen LogP) is 4.92. The number of halogens is 3. The maximum Gasteiger partial charge on any atom is 0.148 e. The fraction of sp³-hybridized carbons (Fsp3) is 0.250. The van der Waals surface area contributed by atoms with Crippen molar-refractivity contribution < 1.29 is 9.13 Å². The first-order chi connectivity index (χ1) is 10.1. The highest BCUT2D eigenvalue weighted by molar-refractivity contribution is 6.31. The Hall–Kier alpha value is -1.29. The monoisotopic (exact) mass is 325 g/mol. The topological polar surface area (TPSA) is 21.3 Å². The van der Waals surface area contributed by atoms with Crippen molar-refractivity contribution in [2.75, 3.05) is 7.05 Å². The van der Waals surface area contributed by atoms with Crippen LogP contribution in [0, 0.1) is 5.82 Å². The minimum absolute atomic E-state index is 0.0517. The summed E-state index contributed by atoms with van der Waals surface area (Å²) in [5.41, 5.74) is 1.46. The number of hydrogen-bond acceptors (Lipinski definition) is 2. The van der Waals surface area contributed by atoms with E-state index in [1.54, 1.807) is 18.2 Å². The van der Waals surface area contributed by atoms with E-state index < -0.39 is 5.82 Å². The predicted molar refractivity (Wildman–Crippen MR) is 82.6 cm³/mol. The molecule has 0 amide bonds. The molecule has 0 aromatic heterocycles. The lowest BCUT2D eigenvalue weighted by molar-refractivity contribution is 0.150. The van der Waals surface area contributed by atoms with Crippen LogP contribution in [0.1, 0.15) is 29.7 Å². The molecule has 0 spiro atoms. The molecular formula is C16H14Cl2FNO. The summed E-state index contributed by atoms with van der Waals surface area (Å²) in [6, 6.07) is 10.5. The minimum atomic E-state index is -0.420. The normalized spacial score (nSPS) is 20.8. The molecule has 0 saturated carbocycles. The average Bonchev–Trinajstić information content (AvgIpc) is 2.49. The zero-order valence-corrected chi connectivity index (χ0v) is 12.9. The van der Waals surface area contributed by atoms with Crippen LogP contribution in [-0.4, -0.2) is 7.05 Å². The lowest BCUT2D eigenvalue weighted by Gasteiger charge is -2.32. The smallest absolute Gasteiger partial charge is 0.148 e. The molecule has 2 nitrogen and oxygen atoms in total. The molecule has 1 aliphatic rings. The van der Waals surface area contributed by atoms with Gasteiger partial charge in [0.25, 0.3) is 0 Å². The van der Waals surface area contributed by atoms with E-state index >= 15 is 0 Å². The Bertz CT molecular complexity index is 677. The van der Waals surface area contributed by atoms with Gasteiger partial charge < -0.3 is 10.1 Å². The Labute approximate surface area is 132 Å². The molecule has 5 heteroatoms. The van der Waals surface area contributed by atoms with Gasteiger partial charge in [-0.3, -0.25) is 0 Å². The van der Waals surface area contributed by atoms with Gasteiger partial charge >= 0.3 is 0 Å². The molecule has 2 unspecified atom stereocenters. The van der Waals surface area contributed by atoms with Crippen molar-refractivity contribution in [3.05, 3.63) is 63.4 Å². The van der Waals surface area contributed by atoms with E-state index in [-0.39, 0.29) is 17.2 Å². The van der Waals surface area contributed by atoms with Crippen molar-refractivity contribution in [2.24, 2.45) is 0 Å². The van der Waals surface area contributed by atoms with Gasteiger partial charge in [0.1, 0.15) is 17.7 Å². The van der Waals surface area contributed by atoms with E-state index in [0.717, 1.165) is 11.3 Å². The summed E-state index contributed by atoms with van der Waals surface area (Å²) < 4.78 is 20.1. The number of fused-ring (bicyclic) bond motifs is 1. The van der Waals surface area contributed by atoms with Crippen molar-refractivity contribution in [3.8, 4) is 5.75 Å². The SMILES string of the molecule is CNC1CC(c2cccc(Cl)c2F)Oc2ccc(Cl)cc21. The summed E-state index contributed by atoms with van der Waals surface area (Å²) in [5.74, 6) is 0.297. The van der Waals surface area contributed by atoms with Crippen LogP contribution in [0.25, 0.3) is 0 Å². The zero-order chi connectivity index (χ0) is 15.0. The molecule has 110 valence electrons. The van der Waals surface area contributed by atoms with E-state index in [1.807, 2.05) is 19.2 Å². The number of benzene rings is 2. The molecule has 1 heterocycles. The Balaban J connectivity index is 2.01. The molecule has 3 rings (SSSR count). The first-order valence-corrected chi connectivity index (χ1v) is 7.43. The van der Waals surface area contributed by atoms with Crippen LogP contribution in [0.3, 0.4) is 0 Å². The van der Waals surface area contributed by atoms with Gasteiger partial charge in [-0.2, -0.15) is 0 Å². The fourth-order valence-corrected chi connectivity index (χ4v) is 3.04. The van der Waals surface area contributed by atoms with Gasteiger partial charge in [0.2, 0.25) is 0 Å². The zero-order valence-electron chi connectivity index (χ0n) is 11.4. The van der Waals surface area contributed by atoms with Crippen molar-refractivity contribution in [3.63, 3.8) is 0 Å². The van der Waals surface area contributed by atoms with Crippen LogP contribution in [0.4, 0.5) is 4.39 Å². The number of hydrogen-bond donors (Lipinski definition) is 1. The third-order valence-corrected chi connectivity index (χ3v) is 4.27. The quantitative estimate of drug-likeness (QED) is 0.846. The van der Waals surface area contributed by atoms with E-state index in [1.165, 1.54) is 6.07 Å². The van der Waals surface area contributed by atoms with Crippen molar-refractivity contribution >= 4 is 23.2 Å². The Kier molecular flexibility index (Phi) is 4.07. The molecule has 1 aliphatic heterocycles. The third kappa shape index (κ3) is 2.73. The van der Waals surface area contributed by atoms with Crippen LogP contribution in [-0.2, 0) is 0 Å². The van der Waals surface area contributed by atoms with E-state index in [4.69, 9.17) is 27.9 Å². The van der Waals surface area contributed by atoms with E-state index in [0.29, 0.717) is 17.0 Å². The average molecular weight is 326 g/mol. The van der Waals surface area contributed by atoms with Gasteiger partial charge in [0.05, 0.1) is 5.02 Å². The number of nitrogens with one attached hydrogen (secondary N) is 1. The summed E-state index contributed by atoms with van der Waals surface area (Å²) in [7, 11) is 1.87. The highest BCUT2D eigenvalue weighted by atomic mass is 35.5. The Morgan fingerprint density at radius 1 is 1.19 bits per heavy atom. The number of rotatable bonds is 2. The lowest BCUT2D eigenvalue weighted by Crippen LogP contribution is -2.27. The number of ether oxygens (including phenoxy) is 1. The van der Waals surface area contributed by atoms with E-state index in [9.17, 15) is 4.39 Å². The lowest BCUT2D eigenvalue weighted by atomic mass is 9.93.